The summed E-state index contributed by atoms with van der Waals surface area (Å²) in [5.41, 5.74) is 0.759. The van der Waals surface area contributed by atoms with Crippen LogP contribution < -0.4 is 0 Å². The van der Waals surface area contributed by atoms with Crippen molar-refractivity contribution in [2.24, 2.45) is 40.9 Å². The second-order valence-corrected chi connectivity index (χ2v) is 8.52. The SMILES string of the molecule is CC1CCC(C(C)C)C(C23CC(C)C(C=C2C(=O)O)C3)C1. The van der Waals surface area contributed by atoms with Crippen LogP contribution in [0.25, 0.3) is 0 Å². The van der Waals surface area contributed by atoms with Gasteiger partial charge in [-0.2, -0.15) is 0 Å². The average molecular weight is 290 g/mol. The normalized spacial score (nSPS) is 46.0. The zero-order valence-electron chi connectivity index (χ0n) is 13.9. The minimum absolute atomic E-state index is 0.0144. The summed E-state index contributed by atoms with van der Waals surface area (Å²) in [7, 11) is 0. The third kappa shape index (κ3) is 2.26. The van der Waals surface area contributed by atoms with Gasteiger partial charge in [-0.15, -0.1) is 0 Å². The lowest BCUT2D eigenvalue weighted by molar-refractivity contribution is -0.135. The van der Waals surface area contributed by atoms with E-state index in [0.29, 0.717) is 29.6 Å². The molecule has 1 N–H and O–H groups in total. The third-order valence-corrected chi connectivity index (χ3v) is 6.90. The summed E-state index contributed by atoms with van der Waals surface area (Å²) in [4.78, 5) is 11.8. The van der Waals surface area contributed by atoms with Crippen molar-refractivity contribution in [2.75, 3.05) is 0 Å². The summed E-state index contributed by atoms with van der Waals surface area (Å²) < 4.78 is 0. The lowest BCUT2D eigenvalue weighted by atomic mass is 9.56. The molecule has 0 saturated heterocycles. The number of carboxylic acid groups (broad SMARTS) is 1. The molecular weight excluding hydrogens is 260 g/mol. The number of allylic oxidation sites excluding steroid dienone is 1. The molecule has 0 aromatic carbocycles. The molecule has 0 aliphatic heterocycles. The number of carbonyl (C=O) groups is 1. The fourth-order valence-electron chi connectivity index (χ4n) is 5.88. The monoisotopic (exact) mass is 290 g/mol. The van der Waals surface area contributed by atoms with Crippen LogP contribution in [-0.4, -0.2) is 11.1 Å². The lowest BCUT2D eigenvalue weighted by Crippen LogP contribution is -2.42. The Morgan fingerprint density at radius 2 is 2.00 bits per heavy atom. The van der Waals surface area contributed by atoms with Crippen molar-refractivity contribution in [3.05, 3.63) is 11.6 Å². The fourth-order valence-corrected chi connectivity index (χ4v) is 5.88. The van der Waals surface area contributed by atoms with Crippen LogP contribution in [0, 0.1) is 40.9 Å². The van der Waals surface area contributed by atoms with Gasteiger partial charge in [-0.05, 0) is 61.2 Å². The van der Waals surface area contributed by atoms with Gasteiger partial charge in [-0.3, -0.25) is 0 Å². The predicted molar refractivity (Wildman–Crippen MR) is 84.9 cm³/mol. The number of aliphatic carboxylic acids is 1. The predicted octanol–water partition coefficient (Wildman–Crippen LogP) is 4.75. The van der Waals surface area contributed by atoms with E-state index >= 15 is 0 Å². The molecule has 6 atom stereocenters. The van der Waals surface area contributed by atoms with Crippen molar-refractivity contribution >= 4 is 5.97 Å². The summed E-state index contributed by atoms with van der Waals surface area (Å²) in [5, 5.41) is 9.74. The van der Waals surface area contributed by atoms with Crippen LogP contribution in [0.15, 0.2) is 11.6 Å². The molecule has 21 heavy (non-hydrogen) atoms. The highest BCUT2D eigenvalue weighted by Crippen LogP contribution is 2.64. The highest BCUT2D eigenvalue weighted by molar-refractivity contribution is 5.89. The Labute approximate surface area is 129 Å². The molecule has 0 amide bonds. The molecule has 3 aliphatic carbocycles. The maximum absolute atomic E-state index is 11.8. The van der Waals surface area contributed by atoms with E-state index in [2.05, 4.69) is 33.8 Å². The summed E-state index contributed by atoms with van der Waals surface area (Å²) >= 11 is 0. The van der Waals surface area contributed by atoms with E-state index in [1.54, 1.807) is 0 Å². The first-order valence-electron chi connectivity index (χ1n) is 8.80. The number of hydrogen-bond acceptors (Lipinski definition) is 1. The lowest BCUT2D eigenvalue weighted by Gasteiger charge is -2.48. The number of rotatable bonds is 3. The van der Waals surface area contributed by atoms with Gasteiger partial charge in [0.1, 0.15) is 0 Å². The maximum Gasteiger partial charge on any atom is 0.331 e. The summed E-state index contributed by atoms with van der Waals surface area (Å²) in [5.74, 6) is 3.24. The minimum Gasteiger partial charge on any atom is -0.478 e. The third-order valence-electron chi connectivity index (χ3n) is 6.90. The van der Waals surface area contributed by atoms with Crippen LogP contribution in [0.2, 0.25) is 0 Å². The molecule has 2 heteroatoms. The van der Waals surface area contributed by atoms with Crippen LogP contribution in [0.4, 0.5) is 0 Å². The van der Waals surface area contributed by atoms with Gasteiger partial charge in [0.15, 0.2) is 0 Å². The van der Waals surface area contributed by atoms with Gasteiger partial charge >= 0.3 is 5.97 Å². The smallest absolute Gasteiger partial charge is 0.331 e. The average Bonchev–Trinajstić information content (AvgIpc) is 2.93. The van der Waals surface area contributed by atoms with Gasteiger partial charge in [0.25, 0.3) is 0 Å². The second-order valence-electron chi connectivity index (χ2n) is 8.52. The van der Waals surface area contributed by atoms with E-state index in [1.165, 1.54) is 19.3 Å². The van der Waals surface area contributed by atoms with Crippen molar-refractivity contribution in [1.29, 1.82) is 0 Å². The first-order valence-corrected chi connectivity index (χ1v) is 8.80. The quantitative estimate of drug-likeness (QED) is 0.814. The molecule has 2 saturated carbocycles. The Balaban J connectivity index is 1.99. The highest BCUT2D eigenvalue weighted by atomic mass is 16.4. The van der Waals surface area contributed by atoms with E-state index in [0.717, 1.165) is 24.3 Å². The van der Waals surface area contributed by atoms with Crippen molar-refractivity contribution in [3.8, 4) is 0 Å². The maximum atomic E-state index is 11.8. The molecule has 0 heterocycles. The van der Waals surface area contributed by atoms with Gasteiger partial charge in [-0.1, -0.05) is 40.2 Å². The van der Waals surface area contributed by atoms with Crippen molar-refractivity contribution in [2.45, 2.75) is 59.8 Å². The zero-order valence-corrected chi connectivity index (χ0v) is 13.9. The topological polar surface area (TPSA) is 37.3 Å². The van der Waals surface area contributed by atoms with E-state index in [-0.39, 0.29) is 5.41 Å². The molecule has 3 aliphatic rings. The Bertz CT molecular complexity index is 464. The first-order chi connectivity index (χ1) is 9.85. The Kier molecular flexibility index (Phi) is 3.70. The zero-order chi connectivity index (χ0) is 15.4. The standard InChI is InChI=1S/C19H30O2/c1-11(2)15-6-5-12(3)7-16(15)19-9-13(4)14(10-19)8-17(19)18(20)21/h8,11-16H,5-7,9-10H2,1-4H3,(H,20,21). The molecule has 0 aromatic rings. The summed E-state index contributed by atoms with van der Waals surface area (Å²) in [6.07, 6.45) is 8.17. The number of hydrogen-bond donors (Lipinski definition) is 1. The van der Waals surface area contributed by atoms with E-state index in [9.17, 15) is 9.90 Å². The van der Waals surface area contributed by atoms with E-state index < -0.39 is 5.97 Å². The van der Waals surface area contributed by atoms with Gasteiger partial charge in [-0.25, -0.2) is 4.79 Å². The first kappa shape index (κ1) is 15.1. The van der Waals surface area contributed by atoms with Gasteiger partial charge in [0.2, 0.25) is 0 Å². The van der Waals surface area contributed by atoms with Crippen LogP contribution in [-0.2, 0) is 4.79 Å². The van der Waals surface area contributed by atoms with E-state index in [4.69, 9.17) is 0 Å². The molecule has 6 unspecified atom stereocenters. The van der Waals surface area contributed by atoms with Crippen LogP contribution in [0.1, 0.15) is 59.8 Å². The Morgan fingerprint density at radius 1 is 1.29 bits per heavy atom. The van der Waals surface area contributed by atoms with Crippen molar-refractivity contribution in [1.82, 2.24) is 0 Å². The largest absolute Gasteiger partial charge is 0.478 e. The molecule has 118 valence electrons. The van der Waals surface area contributed by atoms with Gasteiger partial charge in [0.05, 0.1) is 0 Å². The van der Waals surface area contributed by atoms with E-state index in [1.807, 2.05) is 0 Å². The van der Waals surface area contributed by atoms with Gasteiger partial charge < -0.3 is 5.11 Å². The Hall–Kier alpha value is -0.790. The molecule has 2 nitrogen and oxygen atoms in total. The molecule has 0 radical (unpaired) electrons. The number of fused-ring (bicyclic) bond motifs is 2. The minimum atomic E-state index is -0.648. The van der Waals surface area contributed by atoms with Crippen LogP contribution in [0.5, 0.6) is 0 Å². The molecule has 0 aromatic heterocycles. The summed E-state index contributed by atoms with van der Waals surface area (Å²) in [6.45, 7) is 9.34. The van der Waals surface area contributed by atoms with Crippen molar-refractivity contribution in [3.63, 3.8) is 0 Å². The van der Waals surface area contributed by atoms with Crippen LogP contribution in [0.3, 0.4) is 0 Å². The molecule has 3 rings (SSSR count). The molecular formula is C19H30O2. The Morgan fingerprint density at radius 3 is 2.57 bits per heavy atom. The molecule has 0 spiro atoms. The second kappa shape index (κ2) is 5.14. The van der Waals surface area contributed by atoms with Crippen molar-refractivity contribution < 1.29 is 9.90 Å². The van der Waals surface area contributed by atoms with Gasteiger partial charge in [0, 0.05) is 11.0 Å². The molecule has 2 bridgehead atoms. The highest BCUT2D eigenvalue weighted by Gasteiger charge is 2.58. The van der Waals surface area contributed by atoms with Crippen LogP contribution >= 0.6 is 0 Å². The fraction of sp³-hybridized carbons (Fsp3) is 0.842. The number of carboxylic acids is 1. The molecule has 2 fully saturated rings. The summed E-state index contributed by atoms with van der Waals surface area (Å²) in [6, 6.07) is 0.